The first-order valence-electron chi connectivity index (χ1n) is 22.9. The lowest BCUT2D eigenvalue weighted by atomic mass is 10.0. The van der Waals surface area contributed by atoms with E-state index in [1.165, 1.54) is 109 Å². The molecule has 0 aliphatic heterocycles. The van der Waals surface area contributed by atoms with Crippen LogP contribution in [0.5, 0.6) is 0 Å². The first-order valence-corrected chi connectivity index (χ1v) is 24.4. The largest absolute Gasteiger partial charge is 0.472 e. The molecule has 10 heteroatoms. The molecular weight excluding hydrogens is 737 g/mol. The van der Waals surface area contributed by atoms with Crippen LogP contribution in [0.4, 0.5) is 0 Å². The van der Waals surface area contributed by atoms with Gasteiger partial charge in [-0.3, -0.25) is 18.6 Å². The van der Waals surface area contributed by atoms with Crippen molar-refractivity contribution < 1.29 is 42.1 Å². The number of esters is 2. The summed E-state index contributed by atoms with van der Waals surface area (Å²) in [6.07, 6.45) is 46.2. The van der Waals surface area contributed by atoms with Gasteiger partial charge in [-0.25, -0.2) is 4.57 Å². The van der Waals surface area contributed by atoms with Gasteiger partial charge in [0.2, 0.25) is 0 Å². The molecule has 0 rings (SSSR count). The van der Waals surface area contributed by atoms with E-state index in [0.717, 1.165) is 44.9 Å². The van der Waals surface area contributed by atoms with E-state index in [2.05, 4.69) is 50.3 Å². The number of nitrogens with zero attached hydrogens (tertiary/aromatic N) is 1. The van der Waals surface area contributed by atoms with Crippen molar-refractivity contribution in [3.63, 3.8) is 0 Å². The molecule has 1 N–H and O–H groups in total. The lowest BCUT2D eigenvalue weighted by Crippen LogP contribution is -2.37. The van der Waals surface area contributed by atoms with Gasteiger partial charge in [0.15, 0.2) is 6.10 Å². The average Bonchev–Trinajstić information content (AvgIpc) is 3.16. The molecule has 0 saturated carbocycles. The Bertz CT molecular complexity index is 1110. The van der Waals surface area contributed by atoms with Crippen LogP contribution < -0.4 is 0 Å². The fraction of sp³-hybridized carbons (Fsp3) is 0.787. The number of unbranched alkanes of at least 4 members (excludes halogenated alkanes) is 19. The van der Waals surface area contributed by atoms with Crippen molar-refractivity contribution in [2.45, 2.75) is 193 Å². The highest BCUT2D eigenvalue weighted by Gasteiger charge is 2.27. The van der Waals surface area contributed by atoms with Gasteiger partial charge in [0.1, 0.15) is 19.8 Å². The zero-order valence-electron chi connectivity index (χ0n) is 37.3. The SMILES string of the molecule is CC/C=C\C/C=C\C/C=C\C/C=C\CCC(=O)OC(COC(=O)CCCCCCCCCCCCCCCCCCCCCC)COP(=O)(O)OCC[N+](C)(C)C. The predicted octanol–water partition coefficient (Wildman–Crippen LogP) is 13.1. The molecule has 9 nitrogen and oxygen atoms in total. The molecule has 0 aromatic heterocycles. The molecule has 0 bridgehead atoms. The predicted molar refractivity (Wildman–Crippen MR) is 238 cm³/mol. The maximum absolute atomic E-state index is 12.6. The molecule has 0 aliphatic rings. The number of hydrogen-bond acceptors (Lipinski definition) is 7. The average molecular weight is 825 g/mol. The van der Waals surface area contributed by atoms with Crippen molar-refractivity contribution in [3.8, 4) is 0 Å². The van der Waals surface area contributed by atoms with Crippen LogP contribution in [0.2, 0.25) is 0 Å². The van der Waals surface area contributed by atoms with Crippen LogP contribution in [0.1, 0.15) is 187 Å². The number of rotatable bonds is 41. The Morgan fingerprint density at radius 1 is 0.561 bits per heavy atom. The minimum atomic E-state index is -4.39. The van der Waals surface area contributed by atoms with E-state index in [9.17, 15) is 19.0 Å². The molecule has 57 heavy (non-hydrogen) atoms. The quantitative estimate of drug-likeness (QED) is 0.0213. The number of phosphoric acid groups is 1. The number of carbonyl (C=O) groups excluding carboxylic acids is 2. The maximum Gasteiger partial charge on any atom is 0.472 e. The van der Waals surface area contributed by atoms with Crippen molar-refractivity contribution in [3.05, 3.63) is 48.6 Å². The van der Waals surface area contributed by atoms with E-state index in [4.69, 9.17) is 18.5 Å². The highest BCUT2D eigenvalue weighted by Crippen LogP contribution is 2.43. The summed E-state index contributed by atoms with van der Waals surface area (Å²) in [4.78, 5) is 35.3. The minimum absolute atomic E-state index is 0.0189. The van der Waals surface area contributed by atoms with Crippen LogP contribution in [-0.2, 0) is 32.7 Å². The molecule has 2 atom stereocenters. The smallest absolute Gasteiger partial charge is 0.462 e. The first-order chi connectivity index (χ1) is 27.5. The highest BCUT2D eigenvalue weighted by atomic mass is 31.2. The van der Waals surface area contributed by atoms with Crippen molar-refractivity contribution >= 4 is 19.8 Å². The third-order valence-corrected chi connectivity index (χ3v) is 10.6. The van der Waals surface area contributed by atoms with E-state index in [0.29, 0.717) is 17.4 Å². The molecule has 0 saturated heterocycles. The number of hydrogen-bond donors (Lipinski definition) is 1. The van der Waals surface area contributed by atoms with Gasteiger partial charge in [0, 0.05) is 12.8 Å². The van der Waals surface area contributed by atoms with Crippen molar-refractivity contribution in [1.29, 1.82) is 0 Å². The van der Waals surface area contributed by atoms with Gasteiger partial charge in [-0.05, 0) is 38.5 Å². The molecule has 2 unspecified atom stereocenters. The van der Waals surface area contributed by atoms with Crippen LogP contribution in [-0.4, -0.2) is 74.9 Å². The fourth-order valence-electron chi connectivity index (χ4n) is 6.09. The number of likely N-dealkylation sites (N-methyl/N-ethyl adjacent to an activating group) is 1. The van der Waals surface area contributed by atoms with Gasteiger partial charge >= 0.3 is 19.8 Å². The highest BCUT2D eigenvalue weighted by molar-refractivity contribution is 7.47. The van der Waals surface area contributed by atoms with Gasteiger partial charge < -0.3 is 18.9 Å². The monoisotopic (exact) mass is 825 g/mol. The summed E-state index contributed by atoms with van der Waals surface area (Å²) in [5, 5.41) is 0. The van der Waals surface area contributed by atoms with E-state index >= 15 is 0 Å². The lowest BCUT2D eigenvalue weighted by Gasteiger charge is -2.24. The van der Waals surface area contributed by atoms with E-state index in [-0.39, 0.29) is 32.0 Å². The molecule has 332 valence electrons. The van der Waals surface area contributed by atoms with Crippen molar-refractivity contribution in [2.24, 2.45) is 0 Å². The molecule has 0 fully saturated rings. The summed E-state index contributed by atoms with van der Waals surface area (Å²) in [5.74, 6) is -0.889. The second kappa shape index (κ2) is 39.4. The molecular formula is C47H87NO8P+. The molecule has 0 spiro atoms. The van der Waals surface area contributed by atoms with Crippen LogP contribution in [0.3, 0.4) is 0 Å². The molecule has 0 amide bonds. The third kappa shape index (κ3) is 43.4. The number of phosphoric ester groups is 1. The van der Waals surface area contributed by atoms with Gasteiger partial charge in [0.25, 0.3) is 0 Å². The standard InChI is InChI=1S/C47H86NO8P/c1-6-8-10-12-14-16-18-20-21-22-23-24-25-26-28-29-31-33-35-37-39-46(49)53-43-45(44-55-57(51,52)54-42-41-48(3,4)5)56-47(50)40-38-36-34-32-30-27-19-17-15-13-11-9-7-2/h9,11,15,17,27,30,34,36,45H,6-8,10,12-14,16,18-26,28-29,31-33,35,37-44H2,1-5H3/p+1/b11-9-,17-15-,30-27-,36-34-. The number of allylic oxidation sites excluding steroid dienone is 8. The normalized spacial score (nSPS) is 14.0. The van der Waals surface area contributed by atoms with E-state index < -0.39 is 26.5 Å². The Labute approximate surface area is 350 Å². The van der Waals surface area contributed by atoms with E-state index in [1.807, 2.05) is 33.3 Å². The molecule has 0 aromatic rings. The second-order valence-corrected chi connectivity index (χ2v) is 17.9. The summed E-state index contributed by atoms with van der Waals surface area (Å²) in [7, 11) is 1.43. The molecule has 0 heterocycles. The third-order valence-electron chi connectivity index (χ3n) is 9.64. The molecule has 0 radical (unpaired) electrons. The zero-order chi connectivity index (χ0) is 42.1. The first kappa shape index (κ1) is 55.0. The molecule has 0 aliphatic carbocycles. The Morgan fingerprint density at radius 3 is 1.46 bits per heavy atom. The van der Waals surface area contributed by atoms with Crippen LogP contribution in [0, 0.1) is 0 Å². The minimum Gasteiger partial charge on any atom is -0.462 e. The fourth-order valence-corrected chi connectivity index (χ4v) is 6.83. The Kier molecular flexibility index (Phi) is 38.0. The Hall–Kier alpha value is -2.03. The molecule has 0 aromatic carbocycles. The number of ether oxygens (including phenoxy) is 2. The van der Waals surface area contributed by atoms with Crippen molar-refractivity contribution in [2.75, 3.05) is 47.5 Å². The topological polar surface area (TPSA) is 108 Å². The summed E-state index contributed by atoms with van der Waals surface area (Å²) < 4.78 is 34.2. The van der Waals surface area contributed by atoms with Crippen LogP contribution in [0.15, 0.2) is 48.6 Å². The van der Waals surface area contributed by atoms with Gasteiger partial charge in [-0.1, -0.05) is 184 Å². The van der Waals surface area contributed by atoms with Crippen LogP contribution >= 0.6 is 7.82 Å². The Balaban J connectivity index is 4.32. The van der Waals surface area contributed by atoms with Gasteiger partial charge in [-0.15, -0.1) is 0 Å². The number of quaternary nitrogens is 1. The number of carbonyl (C=O) groups is 2. The second-order valence-electron chi connectivity index (χ2n) is 16.4. The summed E-state index contributed by atoms with van der Waals surface area (Å²) in [6, 6.07) is 0. The summed E-state index contributed by atoms with van der Waals surface area (Å²) in [5.41, 5.74) is 0. The summed E-state index contributed by atoms with van der Waals surface area (Å²) in [6.45, 7) is 4.23. The van der Waals surface area contributed by atoms with Crippen LogP contribution in [0.25, 0.3) is 0 Å². The maximum atomic E-state index is 12.6. The zero-order valence-corrected chi connectivity index (χ0v) is 38.2. The van der Waals surface area contributed by atoms with Gasteiger partial charge in [-0.2, -0.15) is 0 Å². The lowest BCUT2D eigenvalue weighted by molar-refractivity contribution is -0.870. The Morgan fingerprint density at radius 2 is 1.00 bits per heavy atom. The summed E-state index contributed by atoms with van der Waals surface area (Å²) >= 11 is 0. The van der Waals surface area contributed by atoms with Crippen molar-refractivity contribution in [1.82, 2.24) is 0 Å². The van der Waals surface area contributed by atoms with E-state index in [1.54, 1.807) is 0 Å². The van der Waals surface area contributed by atoms with Gasteiger partial charge in [0.05, 0.1) is 27.7 Å².